The molecule has 2 aromatic rings. The van der Waals surface area contributed by atoms with Crippen LogP contribution in [-0.2, 0) is 19.3 Å². The van der Waals surface area contributed by atoms with Crippen molar-refractivity contribution in [2.24, 2.45) is 0 Å². The van der Waals surface area contributed by atoms with Crippen molar-refractivity contribution in [3.8, 4) is 11.1 Å². The Morgan fingerprint density at radius 3 is 2.75 bits per heavy atom. The summed E-state index contributed by atoms with van der Waals surface area (Å²) in [5.74, 6) is 0. The van der Waals surface area contributed by atoms with Crippen molar-refractivity contribution in [2.75, 3.05) is 11.9 Å². The monoisotopic (exact) mass is 265 g/mol. The highest BCUT2D eigenvalue weighted by atomic mass is 14.9. The maximum atomic E-state index is 3.54. The van der Waals surface area contributed by atoms with Gasteiger partial charge in [-0.25, -0.2) is 0 Å². The van der Waals surface area contributed by atoms with Crippen LogP contribution >= 0.6 is 0 Å². The van der Waals surface area contributed by atoms with Crippen molar-refractivity contribution in [2.45, 2.75) is 39.5 Å². The average molecular weight is 265 g/mol. The summed E-state index contributed by atoms with van der Waals surface area (Å²) in [6.45, 7) is 5.60. The standard InChI is InChI=1S/C19H23N/c1-3-14-7-5-9-18(17(14)4-2)16-11-10-15-8-6-12-20-19(15)13-16/h5,7,9-11,13,20H,3-4,6,8,12H2,1-2H3. The lowest BCUT2D eigenvalue weighted by atomic mass is 9.91. The van der Waals surface area contributed by atoms with E-state index in [9.17, 15) is 0 Å². The van der Waals surface area contributed by atoms with Crippen molar-refractivity contribution in [3.05, 3.63) is 53.1 Å². The molecule has 1 aliphatic heterocycles. The molecule has 1 nitrogen and oxygen atoms in total. The lowest BCUT2D eigenvalue weighted by molar-refractivity contribution is 0.830. The number of anilines is 1. The van der Waals surface area contributed by atoms with E-state index in [0.29, 0.717) is 0 Å². The number of rotatable bonds is 3. The van der Waals surface area contributed by atoms with Crippen LogP contribution in [0.15, 0.2) is 36.4 Å². The number of hydrogen-bond acceptors (Lipinski definition) is 1. The topological polar surface area (TPSA) is 12.0 Å². The molecule has 104 valence electrons. The average Bonchev–Trinajstić information content (AvgIpc) is 2.53. The van der Waals surface area contributed by atoms with Gasteiger partial charge in [-0.2, -0.15) is 0 Å². The first kappa shape index (κ1) is 13.2. The molecule has 3 rings (SSSR count). The lowest BCUT2D eigenvalue weighted by Crippen LogP contribution is -2.11. The molecule has 1 aliphatic rings. The first-order valence-corrected chi connectivity index (χ1v) is 7.81. The molecule has 0 atom stereocenters. The summed E-state index contributed by atoms with van der Waals surface area (Å²) >= 11 is 0. The Labute approximate surface area is 122 Å². The van der Waals surface area contributed by atoms with E-state index >= 15 is 0 Å². The molecular weight excluding hydrogens is 242 g/mol. The van der Waals surface area contributed by atoms with Gasteiger partial charge < -0.3 is 5.32 Å². The first-order valence-electron chi connectivity index (χ1n) is 7.81. The van der Waals surface area contributed by atoms with Crippen LogP contribution in [-0.4, -0.2) is 6.54 Å². The highest BCUT2D eigenvalue weighted by Gasteiger charge is 2.12. The van der Waals surface area contributed by atoms with Gasteiger partial charge in [0.25, 0.3) is 0 Å². The van der Waals surface area contributed by atoms with Crippen LogP contribution in [0.4, 0.5) is 5.69 Å². The Hall–Kier alpha value is -1.76. The summed E-state index contributed by atoms with van der Waals surface area (Å²) in [6, 6.07) is 13.7. The largest absolute Gasteiger partial charge is 0.385 e. The lowest BCUT2D eigenvalue weighted by Gasteiger charge is -2.20. The van der Waals surface area contributed by atoms with Crippen LogP contribution in [0.2, 0.25) is 0 Å². The van der Waals surface area contributed by atoms with Crippen LogP contribution in [0.25, 0.3) is 11.1 Å². The van der Waals surface area contributed by atoms with E-state index in [2.05, 4.69) is 55.6 Å². The summed E-state index contributed by atoms with van der Waals surface area (Å²) in [5.41, 5.74) is 8.54. The predicted molar refractivity (Wildman–Crippen MR) is 87.4 cm³/mol. The maximum absolute atomic E-state index is 3.54. The van der Waals surface area contributed by atoms with Crippen LogP contribution in [0.5, 0.6) is 0 Å². The molecule has 0 spiro atoms. The van der Waals surface area contributed by atoms with E-state index in [-0.39, 0.29) is 0 Å². The number of fused-ring (bicyclic) bond motifs is 1. The molecule has 0 aliphatic carbocycles. The van der Waals surface area contributed by atoms with E-state index in [0.717, 1.165) is 19.4 Å². The molecule has 0 saturated carbocycles. The van der Waals surface area contributed by atoms with Crippen molar-refractivity contribution in [3.63, 3.8) is 0 Å². The first-order chi connectivity index (χ1) is 9.83. The van der Waals surface area contributed by atoms with E-state index in [1.807, 2.05) is 0 Å². The number of nitrogens with one attached hydrogen (secondary N) is 1. The Kier molecular flexibility index (Phi) is 3.77. The minimum atomic E-state index is 1.10. The van der Waals surface area contributed by atoms with Crippen LogP contribution in [0, 0.1) is 0 Å². The Morgan fingerprint density at radius 1 is 1.05 bits per heavy atom. The molecule has 20 heavy (non-hydrogen) atoms. The highest BCUT2D eigenvalue weighted by molar-refractivity contribution is 5.74. The van der Waals surface area contributed by atoms with Crippen molar-refractivity contribution < 1.29 is 0 Å². The molecule has 1 heteroatoms. The van der Waals surface area contributed by atoms with Crippen molar-refractivity contribution in [1.82, 2.24) is 0 Å². The fourth-order valence-electron chi connectivity index (χ4n) is 3.28. The van der Waals surface area contributed by atoms with Crippen LogP contribution in [0.1, 0.15) is 37.0 Å². The summed E-state index contributed by atoms with van der Waals surface area (Å²) in [5, 5.41) is 3.54. The quantitative estimate of drug-likeness (QED) is 0.837. The Bertz CT molecular complexity index is 613. The third-order valence-electron chi connectivity index (χ3n) is 4.37. The summed E-state index contributed by atoms with van der Waals surface area (Å²) in [6.07, 6.45) is 4.67. The van der Waals surface area contributed by atoms with Gasteiger partial charge in [-0.05, 0) is 59.6 Å². The smallest absolute Gasteiger partial charge is 0.0378 e. The van der Waals surface area contributed by atoms with Gasteiger partial charge in [0.15, 0.2) is 0 Å². The summed E-state index contributed by atoms with van der Waals surface area (Å²) < 4.78 is 0. The molecule has 0 radical (unpaired) electrons. The molecular formula is C19H23N. The SMILES string of the molecule is CCc1cccc(-c2ccc3c(c2)NCCC3)c1CC. The second kappa shape index (κ2) is 5.70. The molecule has 0 fully saturated rings. The van der Waals surface area contributed by atoms with Crippen molar-refractivity contribution >= 4 is 5.69 Å². The summed E-state index contributed by atoms with van der Waals surface area (Å²) in [4.78, 5) is 0. The van der Waals surface area contributed by atoms with Crippen LogP contribution < -0.4 is 5.32 Å². The number of aryl methyl sites for hydroxylation is 2. The molecule has 0 bridgehead atoms. The van der Waals surface area contributed by atoms with Crippen molar-refractivity contribution in [1.29, 1.82) is 0 Å². The second-order valence-electron chi connectivity index (χ2n) is 5.55. The predicted octanol–water partition coefficient (Wildman–Crippen LogP) is 4.84. The summed E-state index contributed by atoms with van der Waals surface area (Å²) in [7, 11) is 0. The molecule has 1 heterocycles. The van der Waals surface area contributed by atoms with Gasteiger partial charge in [-0.15, -0.1) is 0 Å². The zero-order chi connectivity index (χ0) is 13.9. The van der Waals surface area contributed by atoms with Crippen LogP contribution in [0.3, 0.4) is 0 Å². The van der Waals surface area contributed by atoms with Gasteiger partial charge in [-0.1, -0.05) is 44.2 Å². The minimum Gasteiger partial charge on any atom is -0.385 e. The fourth-order valence-corrected chi connectivity index (χ4v) is 3.28. The number of hydrogen-bond donors (Lipinski definition) is 1. The van der Waals surface area contributed by atoms with E-state index < -0.39 is 0 Å². The number of benzene rings is 2. The van der Waals surface area contributed by atoms with Gasteiger partial charge >= 0.3 is 0 Å². The zero-order valence-electron chi connectivity index (χ0n) is 12.5. The normalized spacial score (nSPS) is 13.7. The van der Waals surface area contributed by atoms with Gasteiger partial charge in [0, 0.05) is 12.2 Å². The molecule has 0 amide bonds. The second-order valence-corrected chi connectivity index (χ2v) is 5.55. The Morgan fingerprint density at radius 2 is 1.95 bits per heavy atom. The molecule has 0 unspecified atom stereocenters. The van der Waals surface area contributed by atoms with Gasteiger partial charge in [0.2, 0.25) is 0 Å². The Balaban J connectivity index is 2.09. The highest BCUT2D eigenvalue weighted by Crippen LogP contribution is 2.32. The maximum Gasteiger partial charge on any atom is 0.0378 e. The third-order valence-corrected chi connectivity index (χ3v) is 4.37. The van der Waals surface area contributed by atoms with Gasteiger partial charge in [0.1, 0.15) is 0 Å². The fraction of sp³-hybridized carbons (Fsp3) is 0.368. The van der Waals surface area contributed by atoms with E-state index in [1.54, 1.807) is 0 Å². The molecule has 1 N–H and O–H groups in total. The van der Waals surface area contributed by atoms with Gasteiger partial charge in [0.05, 0.1) is 0 Å². The van der Waals surface area contributed by atoms with Gasteiger partial charge in [-0.3, -0.25) is 0 Å². The van der Waals surface area contributed by atoms with E-state index in [1.165, 1.54) is 46.3 Å². The molecule has 0 saturated heterocycles. The molecule has 2 aromatic carbocycles. The minimum absolute atomic E-state index is 1.10. The molecule has 0 aromatic heterocycles. The third kappa shape index (κ3) is 2.33. The van der Waals surface area contributed by atoms with E-state index in [4.69, 9.17) is 0 Å². The zero-order valence-corrected chi connectivity index (χ0v) is 12.5.